The summed E-state index contributed by atoms with van der Waals surface area (Å²) in [7, 11) is -2.73. The first kappa shape index (κ1) is 15.5. The van der Waals surface area contributed by atoms with E-state index in [2.05, 4.69) is 9.72 Å². The first-order chi connectivity index (χ1) is 9.87. The lowest BCUT2D eigenvalue weighted by atomic mass is 10.1. The minimum absolute atomic E-state index is 0.171. The van der Waals surface area contributed by atoms with E-state index in [1.165, 1.54) is 7.11 Å². The van der Waals surface area contributed by atoms with Gasteiger partial charge < -0.3 is 14.8 Å². The summed E-state index contributed by atoms with van der Waals surface area (Å²) in [4.78, 5) is 24.8. The molecule has 8 nitrogen and oxygen atoms in total. The van der Waals surface area contributed by atoms with Gasteiger partial charge >= 0.3 is 11.9 Å². The third kappa shape index (κ3) is 2.93. The summed E-state index contributed by atoms with van der Waals surface area (Å²) >= 11 is 0. The summed E-state index contributed by atoms with van der Waals surface area (Å²) < 4.78 is 30.8. The highest BCUT2D eigenvalue weighted by molar-refractivity contribution is 7.89. The molecule has 0 bridgehead atoms. The molecule has 0 radical (unpaired) electrons. The minimum atomic E-state index is -3.94. The van der Waals surface area contributed by atoms with E-state index in [0.29, 0.717) is 12.8 Å². The fraction of sp³-hybridized carbons (Fsp3) is 0.500. The predicted molar refractivity (Wildman–Crippen MR) is 71.3 cm³/mol. The molecule has 2 rings (SSSR count). The first-order valence-electron chi connectivity index (χ1n) is 6.39. The Morgan fingerprint density at radius 2 is 2.14 bits per heavy atom. The standard InChI is InChI=1S/C12H16N2O6S/c1-20-12(17)10-4-2-3-5-14(10)21(18,19)8-6-9(11(15)16)13-7-8/h6-7,10,13H,2-5H2,1H3,(H,15,16). The number of nitrogens with one attached hydrogen (secondary N) is 1. The van der Waals surface area contributed by atoms with Crippen molar-refractivity contribution >= 4 is 22.0 Å². The van der Waals surface area contributed by atoms with Crippen molar-refractivity contribution in [2.75, 3.05) is 13.7 Å². The van der Waals surface area contributed by atoms with Crippen LogP contribution in [-0.2, 0) is 19.6 Å². The lowest BCUT2D eigenvalue weighted by molar-refractivity contribution is -0.146. The van der Waals surface area contributed by atoms with E-state index in [9.17, 15) is 18.0 Å². The number of carbonyl (C=O) groups excluding carboxylic acids is 1. The molecule has 0 amide bonds. The van der Waals surface area contributed by atoms with Crippen LogP contribution in [0.3, 0.4) is 0 Å². The third-order valence-corrected chi connectivity index (χ3v) is 5.31. The average molecular weight is 316 g/mol. The van der Waals surface area contributed by atoms with Crippen LogP contribution in [0.5, 0.6) is 0 Å². The molecule has 1 saturated heterocycles. The van der Waals surface area contributed by atoms with Gasteiger partial charge in [-0.2, -0.15) is 4.31 Å². The van der Waals surface area contributed by atoms with Gasteiger partial charge in [0.2, 0.25) is 10.0 Å². The van der Waals surface area contributed by atoms with Crippen molar-refractivity contribution < 1.29 is 27.9 Å². The molecule has 1 fully saturated rings. The van der Waals surface area contributed by atoms with E-state index >= 15 is 0 Å². The van der Waals surface area contributed by atoms with Crippen molar-refractivity contribution in [1.29, 1.82) is 0 Å². The van der Waals surface area contributed by atoms with Crippen molar-refractivity contribution in [3.8, 4) is 0 Å². The van der Waals surface area contributed by atoms with Gasteiger partial charge in [-0.15, -0.1) is 0 Å². The number of sulfonamides is 1. The Kier molecular flexibility index (Phi) is 4.33. The van der Waals surface area contributed by atoms with E-state index in [0.717, 1.165) is 23.0 Å². The second kappa shape index (κ2) is 5.86. The molecule has 1 aliphatic rings. The fourth-order valence-corrected chi connectivity index (χ4v) is 3.99. The van der Waals surface area contributed by atoms with E-state index in [1.54, 1.807) is 0 Å². The van der Waals surface area contributed by atoms with Crippen LogP contribution in [0.2, 0.25) is 0 Å². The number of piperidine rings is 1. The van der Waals surface area contributed by atoms with Crippen LogP contribution in [0, 0.1) is 0 Å². The fourth-order valence-electron chi connectivity index (χ4n) is 2.35. The Hall–Kier alpha value is -1.87. The number of aromatic carboxylic acids is 1. The largest absolute Gasteiger partial charge is 0.477 e. The Bertz CT molecular complexity index is 650. The molecule has 9 heteroatoms. The maximum Gasteiger partial charge on any atom is 0.352 e. The maximum absolute atomic E-state index is 12.6. The molecule has 1 aromatic heterocycles. The van der Waals surface area contributed by atoms with Crippen LogP contribution >= 0.6 is 0 Å². The van der Waals surface area contributed by atoms with Gasteiger partial charge in [0, 0.05) is 12.7 Å². The summed E-state index contributed by atoms with van der Waals surface area (Å²) in [6.07, 6.45) is 2.88. The highest BCUT2D eigenvalue weighted by Gasteiger charge is 2.38. The summed E-state index contributed by atoms with van der Waals surface area (Å²) in [5.41, 5.74) is -0.222. The second-order valence-corrected chi connectivity index (χ2v) is 6.60. The predicted octanol–water partition coefficient (Wildman–Crippen LogP) is 0.429. The van der Waals surface area contributed by atoms with Crippen molar-refractivity contribution in [2.45, 2.75) is 30.2 Å². The number of carbonyl (C=O) groups is 2. The maximum atomic E-state index is 12.6. The van der Waals surface area contributed by atoms with Crippen molar-refractivity contribution in [2.24, 2.45) is 0 Å². The Morgan fingerprint density at radius 1 is 1.43 bits per heavy atom. The summed E-state index contributed by atoms with van der Waals surface area (Å²) in [6.45, 7) is 0.204. The number of rotatable bonds is 4. The highest BCUT2D eigenvalue weighted by Crippen LogP contribution is 2.26. The smallest absolute Gasteiger partial charge is 0.352 e. The van der Waals surface area contributed by atoms with Gasteiger partial charge in [0.05, 0.1) is 7.11 Å². The molecule has 2 heterocycles. The Morgan fingerprint density at radius 3 is 2.71 bits per heavy atom. The number of aromatic nitrogens is 1. The minimum Gasteiger partial charge on any atom is -0.477 e. The van der Waals surface area contributed by atoms with Crippen LogP contribution in [0.1, 0.15) is 29.8 Å². The number of ether oxygens (including phenoxy) is 1. The van der Waals surface area contributed by atoms with E-state index in [1.807, 2.05) is 0 Å². The third-order valence-electron chi connectivity index (χ3n) is 3.42. The molecule has 0 saturated carbocycles. The van der Waals surface area contributed by atoms with Crippen LogP contribution in [0.4, 0.5) is 0 Å². The Balaban J connectivity index is 2.35. The van der Waals surface area contributed by atoms with Crippen LogP contribution in [0.25, 0.3) is 0 Å². The zero-order chi connectivity index (χ0) is 15.6. The van der Waals surface area contributed by atoms with Gasteiger partial charge in [0.25, 0.3) is 0 Å². The zero-order valence-electron chi connectivity index (χ0n) is 11.4. The summed E-state index contributed by atoms with van der Waals surface area (Å²) in [6, 6.07) is 0.178. The molecule has 1 aliphatic heterocycles. The van der Waals surface area contributed by atoms with Crippen LogP contribution in [-0.4, -0.2) is 54.4 Å². The number of methoxy groups -OCH3 is 1. The molecular weight excluding hydrogens is 300 g/mol. The van der Waals surface area contributed by atoms with Crippen LogP contribution < -0.4 is 0 Å². The van der Waals surface area contributed by atoms with Crippen LogP contribution in [0.15, 0.2) is 17.2 Å². The molecule has 2 N–H and O–H groups in total. The number of carboxylic acid groups (broad SMARTS) is 1. The second-order valence-electron chi connectivity index (χ2n) is 4.70. The topological polar surface area (TPSA) is 117 Å². The van der Waals surface area contributed by atoms with Gasteiger partial charge in [-0.3, -0.25) is 4.79 Å². The molecule has 21 heavy (non-hydrogen) atoms. The van der Waals surface area contributed by atoms with Gasteiger partial charge in [-0.05, 0) is 25.3 Å². The quantitative estimate of drug-likeness (QED) is 0.778. The average Bonchev–Trinajstić information content (AvgIpc) is 2.97. The molecule has 1 unspecified atom stereocenters. The van der Waals surface area contributed by atoms with Gasteiger partial charge in [-0.1, -0.05) is 0 Å². The molecule has 1 aromatic rings. The monoisotopic (exact) mass is 316 g/mol. The van der Waals surface area contributed by atoms with E-state index < -0.39 is 28.0 Å². The number of nitrogens with zero attached hydrogens (tertiary/aromatic N) is 1. The number of esters is 1. The molecule has 0 spiro atoms. The SMILES string of the molecule is COC(=O)C1CCCCN1S(=O)(=O)c1c[nH]c(C(=O)O)c1. The summed E-state index contributed by atoms with van der Waals surface area (Å²) in [5.74, 6) is -1.85. The molecule has 116 valence electrons. The molecule has 0 aromatic carbocycles. The molecule has 1 atom stereocenters. The van der Waals surface area contributed by atoms with E-state index in [-0.39, 0.29) is 17.1 Å². The number of hydrogen-bond donors (Lipinski definition) is 2. The molecular formula is C12H16N2O6S. The number of hydrogen-bond acceptors (Lipinski definition) is 5. The lowest BCUT2D eigenvalue weighted by Crippen LogP contribution is -2.48. The van der Waals surface area contributed by atoms with Gasteiger partial charge in [0.15, 0.2) is 0 Å². The van der Waals surface area contributed by atoms with Crippen molar-refractivity contribution in [3.05, 3.63) is 18.0 Å². The number of aromatic amines is 1. The van der Waals surface area contributed by atoms with Crippen molar-refractivity contribution in [1.82, 2.24) is 9.29 Å². The van der Waals surface area contributed by atoms with Gasteiger partial charge in [0.1, 0.15) is 16.6 Å². The lowest BCUT2D eigenvalue weighted by Gasteiger charge is -2.32. The Labute approximate surface area is 121 Å². The number of carboxylic acids is 1. The first-order valence-corrected chi connectivity index (χ1v) is 7.83. The highest BCUT2D eigenvalue weighted by atomic mass is 32.2. The summed E-state index contributed by atoms with van der Waals surface area (Å²) in [5, 5.41) is 8.84. The molecule has 0 aliphatic carbocycles. The zero-order valence-corrected chi connectivity index (χ0v) is 12.2. The number of H-pyrrole nitrogens is 1. The van der Waals surface area contributed by atoms with E-state index in [4.69, 9.17) is 5.11 Å². The normalized spacial score (nSPS) is 20.1. The van der Waals surface area contributed by atoms with Gasteiger partial charge in [-0.25, -0.2) is 13.2 Å². The van der Waals surface area contributed by atoms with Crippen molar-refractivity contribution in [3.63, 3.8) is 0 Å².